The summed E-state index contributed by atoms with van der Waals surface area (Å²) in [7, 11) is 1.54. The highest BCUT2D eigenvalue weighted by Crippen LogP contribution is 2.34. The van der Waals surface area contributed by atoms with Gasteiger partial charge in [0.2, 0.25) is 5.88 Å². The molecule has 12 nitrogen and oxygen atoms in total. The number of hydrogen-bond donors (Lipinski definition) is 4. The molecule has 1 aromatic carbocycles. The summed E-state index contributed by atoms with van der Waals surface area (Å²) < 4.78 is 10.9. The van der Waals surface area contributed by atoms with Crippen LogP contribution in [0.25, 0.3) is 0 Å². The first-order valence-corrected chi connectivity index (χ1v) is 13.5. The third kappa shape index (κ3) is 5.82. The van der Waals surface area contributed by atoms with Gasteiger partial charge in [0.1, 0.15) is 23.5 Å². The first kappa shape index (κ1) is 28.0. The summed E-state index contributed by atoms with van der Waals surface area (Å²) in [4.78, 5) is 49.7. The first-order chi connectivity index (χ1) is 19.7. The van der Waals surface area contributed by atoms with Crippen molar-refractivity contribution in [3.8, 4) is 5.88 Å². The zero-order valence-corrected chi connectivity index (χ0v) is 23.7. The second kappa shape index (κ2) is 11.5. The number of H-pyrrole nitrogens is 1. The predicted molar refractivity (Wildman–Crippen MR) is 158 cm³/mol. The Kier molecular flexibility index (Phi) is 7.84. The average Bonchev–Trinajstić information content (AvgIpc) is 2.99. The minimum Gasteiger partial charge on any atom is -0.474 e. The Morgan fingerprint density at radius 2 is 1.80 bits per heavy atom. The number of methoxy groups -OCH3 is 1. The molecule has 0 aliphatic carbocycles. The predicted octanol–water partition coefficient (Wildman–Crippen LogP) is 2.95. The topological polar surface area (TPSA) is 141 Å². The number of aromatic nitrogens is 2. The van der Waals surface area contributed by atoms with E-state index in [4.69, 9.17) is 9.47 Å². The molecule has 2 aliphatic heterocycles. The summed E-state index contributed by atoms with van der Waals surface area (Å²) in [6, 6.07) is 9.06. The number of benzene rings is 1. The molecule has 0 bridgehead atoms. The van der Waals surface area contributed by atoms with Crippen LogP contribution < -0.4 is 31.1 Å². The Balaban J connectivity index is 1.26. The average molecular weight is 562 g/mol. The zero-order chi connectivity index (χ0) is 29.1. The van der Waals surface area contributed by atoms with E-state index in [1.54, 1.807) is 45.4 Å². The highest BCUT2D eigenvalue weighted by molar-refractivity contribution is 6.08. The molecule has 1 fully saturated rings. The number of carbonyl (C=O) groups excluding carboxylic acids is 2. The van der Waals surface area contributed by atoms with E-state index >= 15 is 0 Å². The van der Waals surface area contributed by atoms with Gasteiger partial charge in [-0.15, -0.1) is 0 Å². The summed E-state index contributed by atoms with van der Waals surface area (Å²) in [6.07, 6.45) is 3.11. The van der Waals surface area contributed by atoms with Gasteiger partial charge in [-0.2, -0.15) is 0 Å². The van der Waals surface area contributed by atoms with E-state index in [-0.39, 0.29) is 11.5 Å². The molecule has 0 spiro atoms. The number of aromatic amines is 1. The number of nitrogens with zero attached hydrogens (tertiary/aromatic N) is 3. The van der Waals surface area contributed by atoms with Crippen molar-refractivity contribution < 1.29 is 19.1 Å². The van der Waals surface area contributed by atoms with Crippen molar-refractivity contribution in [3.63, 3.8) is 0 Å². The maximum Gasteiger partial charge on any atom is 0.263 e. The molecule has 4 N–H and O–H groups in total. The number of carbonyl (C=O) groups is 2. The van der Waals surface area contributed by atoms with Crippen molar-refractivity contribution in [1.29, 1.82) is 0 Å². The lowest BCUT2D eigenvalue weighted by Crippen LogP contribution is -2.54. The fourth-order valence-corrected chi connectivity index (χ4v) is 4.89. The molecule has 0 unspecified atom stereocenters. The van der Waals surface area contributed by atoms with E-state index in [1.807, 2.05) is 24.0 Å². The van der Waals surface area contributed by atoms with Gasteiger partial charge in [-0.3, -0.25) is 14.4 Å². The second-order valence-electron chi connectivity index (χ2n) is 10.5. The smallest absolute Gasteiger partial charge is 0.263 e. The maximum atomic E-state index is 13.3. The second-order valence-corrected chi connectivity index (χ2v) is 10.5. The van der Waals surface area contributed by atoms with Crippen LogP contribution in [0, 0.1) is 6.92 Å². The van der Waals surface area contributed by atoms with Crippen molar-refractivity contribution in [1.82, 2.24) is 14.9 Å². The summed E-state index contributed by atoms with van der Waals surface area (Å²) >= 11 is 0. The van der Waals surface area contributed by atoms with Crippen LogP contribution in [0.3, 0.4) is 0 Å². The van der Waals surface area contributed by atoms with Gasteiger partial charge in [-0.05, 0) is 51.1 Å². The minimum atomic E-state index is -0.847. The van der Waals surface area contributed by atoms with Gasteiger partial charge in [0.15, 0.2) is 0 Å². The van der Waals surface area contributed by atoms with Crippen LogP contribution in [-0.4, -0.2) is 78.7 Å². The molecule has 12 heteroatoms. The van der Waals surface area contributed by atoms with Gasteiger partial charge in [0.25, 0.3) is 17.4 Å². The number of hydrogen-bond acceptors (Lipinski definition) is 9. The van der Waals surface area contributed by atoms with Crippen LogP contribution in [0.15, 0.2) is 47.5 Å². The first-order valence-electron chi connectivity index (χ1n) is 13.5. The molecule has 4 heterocycles. The fraction of sp³-hybridized carbons (Fsp3) is 0.379. The summed E-state index contributed by atoms with van der Waals surface area (Å²) in [6.45, 7) is 9.23. The van der Waals surface area contributed by atoms with Crippen LogP contribution in [-0.2, 0) is 9.53 Å². The number of ether oxygens (including phenoxy) is 2. The third-order valence-corrected chi connectivity index (χ3v) is 7.49. The van der Waals surface area contributed by atoms with Crippen molar-refractivity contribution in [2.24, 2.45) is 0 Å². The van der Waals surface area contributed by atoms with Crippen molar-refractivity contribution in [2.75, 3.05) is 67.3 Å². The van der Waals surface area contributed by atoms with Gasteiger partial charge in [-0.1, -0.05) is 0 Å². The number of piperazine rings is 1. The van der Waals surface area contributed by atoms with Gasteiger partial charge < -0.3 is 40.2 Å². The van der Waals surface area contributed by atoms with Gasteiger partial charge in [-0.25, -0.2) is 4.98 Å². The van der Waals surface area contributed by atoms with E-state index in [9.17, 15) is 14.4 Å². The van der Waals surface area contributed by atoms with Gasteiger partial charge >= 0.3 is 0 Å². The van der Waals surface area contributed by atoms with Crippen LogP contribution >= 0.6 is 0 Å². The highest BCUT2D eigenvalue weighted by atomic mass is 16.5. The molecular weight excluding hydrogens is 526 g/mol. The van der Waals surface area contributed by atoms with Crippen LogP contribution in [0.2, 0.25) is 0 Å². The van der Waals surface area contributed by atoms with E-state index in [2.05, 4.69) is 30.8 Å². The lowest BCUT2D eigenvalue weighted by Gasteiger charge is -2.39. The van der Waals surface area contributed by atoms with Crippen LogP contribution in [0.1, 0.15) is 29.8 Å². The SMILES string of the molecule is COC(C)(C)C(=O)N1CCN(c2ccc(NC(=O)c3c(Nc4cnc5c(c4C)NCCO5)cc[nH]c3=O)cc2)CC1. The molecule has 5 rings (SSSR count). The van der Waals surface area contributed by atoms with Gasteiger partial charge in [0.05, 0.1) is 17.6 Å². The summed E-state index contributed by atoms with van der Waals surface area (Å²) in [5.74, 6) is -0.0387. The molecule has 0 radical (unpaired) electrons. The van der Waals surface area contributed by atoms with Crippen molar-refractivity contribution in [3.05, 3.63) is 64.2 Å². The summed E-state index contributed by atoms with van der Waals surface area (Å²) in [5.41, 5.74) is 2.78. The van der Waals surface area contributed by atoms with E-state index in [0.717, 1.165) is 16.9 Å². The van der Waals surface area contributed by atoms with E-state index in [1.165, 1.54) is 6.20 Å². The molecule has 41 heavy (non-hydrogen) atoms. The number of amides is 2. The Labute approximate surface area is 238 Å². The van der Waals surface area contributed by atoms with E-state index < -0.39 is 17.1 Å². The third-order valence-electron chi connectivity index (χ3n) is 7.49. The number of anilines is 5. The number of rotatable bonds is 7. The molecule has 2 aliphatic rings. The molecular formula is C29H35N7O5. The number of nitrogens with one attached hydrogen (secondary N) is 4. The van der Waals surface area contributed by atoms with Crippen LogP contribution in [0.5, 0.6) is 5.88 Å². The fourth-order valence-electron chi connectivity index (χ4n) is 4.89. The zero-order valence-electron chi connectivity index (χ0n) is 23.7. The lowest BCUT2D eigenvalue weighted by molar-refractivity contribution is -0.151. The Hall–Kier alpha value is -4.58. The number of fused-ring (bicyclic) bond motifs is 1. The van der Waals surface area contributed by atoms with E-state index in [0.29, 0.717) is 62.3 Å². The molecule has 3 aromatic rings. The molecule has 2 amide bonds. The highest BCUT2D eigenvalue weighted by Gasteiger charge is 2.33. The standard InChI is InChI=1S/C29H35N7O5/c1-18-22(17-32-27-24(18)30-11-16-41-27)34-21-9-10-31-25(37)23(21)26(38)33-19-5-7-20(8-6-19)35-12-14-36(15-13-35)28(39)29(2,3)40-4/h5-10,17,30H,11-16H2,1-4H3,(H,33,38)(H2,31,34,37). The molecule has 2 aromatic heterocycles. The Morgan fingerprint density at radius 1 is 1.07 bits per heavy atom. The molecule has 1 saturated heterocycles. The Morgan fingerprint density at radius 3 is 2.51 bits per heavy atom. The summed E-state index contributed by atoms with van der Waals surface area (Å²) in [5, 5.41) is 9.31. The van der Waals surface area contributed by atoms with Crippen LogP contribution in [0.4, 0.5) is 28.4 Å². The minimum absolute atomic E-state index is 0.0220. The maximum absolute atomic E-state index is 13.3. The lowest BCUT2D eigenvalue weighted by atomic mass is 10.1. The van der Waals surface area contributed by atoms with Gasteiger partial charge in [0, 0.05) is 63.0 Å². The normalized spacial score (nSPS) is 14.9. The monoisotopic (exact) mass is 561 g/mol. The molecule has 0 saturated carbocycles. The number of pyridine rings is 2. The quantitative estimate of drug-likeness (QED) is 0.343. The molecule has 216 valence electrons. The largest absolute Gasteiger partial charge is 0.474 e. The molecule has 0 atom stereocenters. The van der Waals surface area contributed by atoms with Crippen molar-refractivity contribution in [2.45, 2.75) is 26.4 Å². The van der Waals surface area contributed by atoms with Crippen molar-refractivity contribution >= 4 is 40.3 Å². The Bertz CT molecular complexity index is 1490.